The molecule has 21 heavy (non-hydrogen) atoms. The maximum absolute atomic E-state index is 6.44. The second kappa shape index (κ2) is 7.10. The summed E-state index contributed by atoms with van der Waals surface area (Å²) >= 11 is 6.44. The Kier molecular flexibility index (Phi) is 5.43. The van der Waals surface area contributed by atoms with Gasteiger partial charge in [-0.1, -0.05) is 42.8 Å². The number of aryl methyl sites for hydroxylation is 3. The normalized spacial score (nSPS) is 12.6. The first-order valence-electron chi connectivity index (χ1n) is 7.51. The Balaban J connectivity index is 2.16. The third kappa shape index (κ3) is 3.66. The van der Waals surface area contributed by atoms with Gasteiger partial charge in [-0.25, -0.2) is 0 Å². The molecule has 0 aliphatic heterocycles. The molecule has 0 bridgehead atoms. The Morgan fingerprint density at radius 2 is 2.00 bits per heavy atom. The van der Waals surface area contributed by atoms with Crippen LogP contribution < -0.4 is 5.73 Å². The molecule has 0 aliphatic rings. The van der Waals surface area contributed by atoms with Gasteiger partial charge in [0.2, 0.25) is 0 Å². The van der Waals surface area contributed by atoms with Gasteiger partial charge in [0.25, 0.3) is 0 Å². The van der Waals surface area contributed by atoms with Crippen molar-refractivity contribution < 1.29 is 0 Å². The lowest BCUT2D eigenvalue weighted by molar-refractivity contribution is 0.510. The van der Waals surface area contributed by atoms with Crippen molar-refractivity contribution in [3.8, 4) is 0 Å². The van der Waals surface area contributed by atoms with Crippen LogP contribution in [-0.4, -0.2) is 16.3 Å². The fraction of sp³-hybridized carbons (Fsp3) is 0.471. The van der Waals surface area contributed by atoms with Crippen LogP contribution in [0.3, 0.4) is 0 Å². The van der Waals surface area contributed by atoms with E-state index in [4.69, 9.17) is 17.3 Å². The largest absolute Gasteiger partial charge is 0.330 e. The minimum absolute atomic E-state index is 0.378. The van der Waals surface area contributed by atoms with Crippen LogP contribution in [0.15, 0.2) is 24.3 Å². The molecule has 1 aromatic heterocycles. The molecular weight excluding hydrogens is 282 g/mol. The quantitative estimate of drug-likeness (QED) is 0.890. The van der Waals surface area contributed by atoms with Crippen LogP contribution in [0, 0.1) is 12.8 Å². The highest BCUT2D eigenvalue weighted by molar-refractivity contribution is 6.31. The van der Waals surface area contributed by atoms with Crippen molar-refractivity contribution in [1.29, 1.82) is 0 Å². The zero-order chi connectivity index (χ0) is 15.4. The third-order valence-corrected chi connectivity index (χ3v) is 4.52. The number of nitrogens with zero attached hydrogens (tertiary/aromatic N) is 2. The zero-order valence-corrected chi connectivity index (χ0v) is 13.8. The molecule has 0 radical (unpaired) electrons. The first-order chi connectivity index (χ1) is 10.1. The summed E-state index contributed by atoms with van der Waals surface area (Å²) in [4.78, 5) is 0. The Morgan fingerprint density at radius 1 is 1.29 bits per heavy atom. The van der Waals surface area contributed by atoms with Crippen LogP contribution >= 0.6 is 11.6 Å². The van der Waals surface area contributed by atoms with Crippen LogP contribution in [0.2, 0.25) is 5.02 Å². The first kappa shape index (κ1) is 16.1. The Hall–Kier alpha value is -1.32. The van der Waals surface area contributed by atoms with E-state index >= 15 is 0 Å². The van der Waals surface area contributed by atoms with Crippen LogP contribution in [0.5, 0.6) is 0 Å². The van der Waals surface area contributed by atoms with Gasteiger partial charge in [-0.15, -0.1) is 0 Å². The van der Waals surface area contributed by atoms with Crippen molar-refractivity contribution in [2.45, 2.75) is 33.1 Å². The molecule has 1 aromatic carbocycles. The van der Waals surface area contributed by atoms with Gasteiger partial charge in [0, 0.05) is 7.05 Å². The highest BCUT2D eigenvalue weighted by Crippen LogP contribution is 2.25. The van der Waals surface area contributed by atoms with E-state index in [1.807, 2.05) is 11.7 Å². The Bertz CT molecular complexity index is 604. The van der Waals surface area contributed by atoms with Gasteiger partial charge in [0.15, 0.2) is 0 Å². The zero-order valence-electron chi connectivity index (χ0n) is 13.1. The molecule has 2 rings (SSSR count). The number of benzene rings is 1. The molecule has 0 amide bonds. The van der Waals surface area contributed by atoms with Crippen molar-refractivity contribution in [1.82, 2.24) is 9.78 Å². The molecule has 1 unspecified atom stereocenters. The molecule has 4 heteroatoms. The Labute approximate surface area is 132 Å². The van der Waals surface area contributed by atoms with E-state index < -0.39 is 0 Å². The molecule has 114 valence electrons. The fourth-order valence-corrected chi connectivity index (χ4v) is 3.07. The molecule has 0 saturated heterocycles. The number of rotatable bonds is 6. The van der Waals surface area contributed by atoms with Crippen LogP contribution in [0.1, 0.15) is 29.4 Å². The average Bonchev–Trinajstić information content (AvgIpc) is 2.75. The maximum Gasteiger partial charge on any atom is 0.0849 e. The van der Waals surface area contributed by atoms with Crippen molar-refractivity contribution in [3.63, 3.8) is 0 Å². The van der Waals surface area contributed by atoms with Crippen LogP contribution in [-0.2, 0) is 26.3 Å². The van der Waals surface area contributed by atoms with Crippen molar-refractivity contribution in [2.24, 2.45) is 18.7 Å². The molecule has 0 fully saturated rings. The summed E-state index contributed by atoms with van der Waals surface area (Å²) in [6.45, 7) is 4.87. The topological polar surface area (TPSA) is 43.8 Å². The van der Waals surface area contributed by atoms with E-state index in [0.29, 0.717) is 12.5 Å². The molecule has 0 saturated carbocycles. The van der Waals surface area contributed by atoms with E-state index in [1.165, 1.54) is 11.1 Å². The van der Waals surface area contributed by atoms with Crippen LogP contribution in [0.25, 0.3) is 0 Å². The van der Waals surface area contributed by atoms with Gasteiger partial charge in [-0.3, -0.25) is 4.68 Å². The summed E-state index contributed by atoms with van der Waals surface area (Å²) in [6.07, 6.45) is 2.71. The summed E-state index contributed by atoms with van der Waals surface area (Å²) in [5.74, 6) is 0.378. The lowest BCUT2D eigenvalue weighted by Crippen LogP contribution is -2.21. The summed E-state index contributed by atoms with van der Waals surface area (Å²) in [7, 11) is 1.96. The van der Waals surface area contributed by atoms with Crippen molar-refractivity contribution in [2.75, 3.05) is 6.54 Å². The number of hydrogen-bond donors (Lipinski definition) is 1. The summed E-state index contributed by atoms with van der Waals surface area (Å²) in [5.41, 5.74) is 10.7. The number of halogens is 1. The van der Waals surface area contributed by atoms with E-state index in [1.54, 1.807) is 0 Å². The van der Waals surface area contributed by atoms with Gasteiger partial charge < -0.3 is 5.73 Å². The molecule has 1 atom stereocenters. The number of aromatic nitrogens is 2. The highest BCUT2D eigenvalue weighted by Gasteiger charge is 2.18. The maximum atomic E-state index is 6.44. The van der Waals surface area contributed by atoms with E-state index in [0.717, 1.165) is 35.7 Å². The predicted octanol–water partition coefficient (Wildman–Crippen LogP) is 3.30. The van der Waals surface area contributed by atoms with E-state index in [-0.39, 0.29) is 0 Å². The molecule has 0 aliphatic carbocycles. The van der Waals surface area contributed by atoms with E-state index in [9.17, 15) is 0 Å². The fourth-order valence-electron chi connectivity index (χ4n) is 2.70. The van der Waals surface area contributed by atoms with Gasteiger partial charge in [-0.2, -0.15) is 5.10 Å². The average molecular weight is 306 g/mol. The minimum atomic E-state index is 0.378. The monoisotopic (exact) mass is 305 g/mol. The summed E-state index contributed by atoms with van der Waals surface area (Å²) in [5, 5.41) is 5.29. The van der Waals surface area contributed by atoms with Crippen molar-refractivity contribution >= 4 is 11.6 Å². The standard InChI is InChI=1S/C17H24ClN3/c1-4-15-17(18)16(21(3)20-15)10-13(11-19)9-14-8-6-5-7-12(14)2/h5-8,13H,4,9-11,19H2,1-3H3. The van der Waals surface area contributed by atoms with Gasteiger partial charge in [0.05, 0.1) is 16.4 Å². The molecule has 0 spiro atoms. The SMILES string of the molecule is CCc1nn(C)c(CC(CN)Cc2ccccc2C)c1Cl. The van der Waals surface area contributed by atoms with Crippen molar-refractivity contribution in [3.05, 3.63) is 51.8 Å². The van der Waals surface area contributed by atoms with Gasteiger partial charge in [-0.05, 0) is 49.8 Å². The number of nitrogens with two attached hydrogens (primary N) is 1. The molecule has 2 aromatic rings. The molecule has 3 nitrogen and oxygen atoms in total. The smallest absolute Gasteiger partial charge is 0.0849 e. The van der Waals surface area contributed by atoms with Gasteiger partial charge >= 0.3 is 0 Å². The second-order valence-corrected chi connectivity index (χ2v) is 6.00. The molecule has 2 N–H and O–H groups in total. The summed E-state index contributed by atoms with van der Waals surface area (Å²) in [6, 6.07) is 8.49. The van der Waals surface area contributed by atoms with Crippen LogP contribution in [0.4, 0.5) is 0 Å². The second-order valence-electron chi connectivity index (χ2n) is 5.62. The van der Waals surface area contributed by atoms with Gasteiger partial charge in [0.1, 0.15) is 0 Å². The first-order valence-corrected chi connectivity index (χ1v) is 7.89. The third-order valence-electron chi connectivity index (χ3n) is 4.09. The number of hydrogen-bond acceptors (Lipinski definition) is 2. The summed E-state index contributed by atoms with van der Waals surface area (Å²) < 4.78 is 1.90. The molecular formula is C17H24ClN3. The van der Waals surface area contributed by atoms with E-state index in [2.05, 4.69) is 43.2 Å². The Morgan fingerprint density at radius 3 is 2.57 bits per heavy atom. The minimum Gasteiger partial charge on any atom is -0.330 e. The predicted molar refractivity (Wildman–Crippen MR) is 88.7 cm³/mol. The molecule has 1 heterocycles. The highest BCUT2D eigenvalue weighted by atomic mass is 35.5. The lowest BCUT2D eigenvalue weighted by Gasteiger charge is -2.16. The lowest BCUT2D eigenvalue weighted by atomic mass is 9.92.